The van der Waals surface area contributed by atoms with Crippen LogP contribution in [0.4, 0.5) is 0 Å². The van der Waals surface area contributed by atoms with Gasteiger partial charge in [0, 0.05) is 45.4 Å². The number of pyridine rings is 1. The molecular weight excluding hydrogens is 648 g/mol. The van der Waals surface area contributed by atoms with Gasteiger partial charge in [-0.1, -0.05) is 6.08 Å². The molecule has 12 nitrogen and oxygen atoms in total. The first-order chi connectivity index (χ1) is 23.7. The van der Waals surface area contributed by atoms with Crippen molar-refractivity contribution in [3.63, 3.8) is 0 Å². The summed E-state index contributed by atoms with van der Waals surface area (Å²) in [6.07, 6.45) is 4.79. The normalized spacial score (nSPS) is 22.2. The summed E-state index contributed by atoms with van der Waals surface area (Å²) in [5, 5.41) is 11.5. The Balaban J connectivity index is 1.23. The predicted octanol–water partition coefficient (Wildman–Crippen LogP) is 4.54. The molecule has 2 unspecified atom stereocenters. The van der Waals surface area contributed by atoms with Crippen LogP contribution in [0, 0.1) is 11.8 Å². The van der Waals surface area contributed by atoms with Crippen LogP contribution in [0.3, 0.4) is 0 Å². The number of likely N-dealkylation sites (tertiary alicyclic amines) is 1. The van der Waals surface area contributed by atoms with E-state index in [1.54, 1.807) is 42.7 Å². The first kappa shape index (κ1) is 30.9. The minimum Gasteiger partial charge on any atom is -0.497 e. The number of hydrogen-bond acceptors (Lipinski definition) is 10. The van der Waals surface area contributed by atoms with E-state index in [1.807, 2.05) is 18.2 Å². The summed E-state index contributed by atoms with van der Waals surface area (Å²) in [5.74, 6) is -1.88. The molecule has 4 aliphatic rings. The number of allylic oxidation sites excluding steroid dienone is 1. The fourth-order valence-electron chi connectivity index (χ4n) is 7.31. The maximum Gasteiger partial charge on any atom is 0.332 e. The molecule has 0 radical (unpaired) electrons. The van der Waals surface area contributed by atoms with Gasteiger partial charge in [-0.05, 0) is 61.6 Å². The molecule has 13 heteroatoms. The van der Waals surface area contributed by atoms with Crippen LogP contribution in [0.2, 0.25) is 0 Å². The molecule has 0 saturated carbocycles. The van der Waals surface area contributed by atoms with Crippen molar-refractivity contribution < 1.29 is 38.4 Å². The number of hydrogen-bond donors (Lipinski definition) is 2. The van der Waals surface area contributed by atoms with Gasteiger partial charge < -0.3 is 34.7 Å². The smallest absolute Gasteiger partial charge is 0.332 e. The number of aliphatic carboxylic acids is 1. The maximum absolute atomic E-state index is 14.1. The predicted molar refractivity (Wildman–Crippen MR) is 179 cm³/mol. The number of methoxy groups -OCH3 is 1. The third-order valence-electron chi connectivity index (χ3n) is 9.65. The van der Waals surface area contributed by atoms with Crippen molar-refractivity contribution >= 4 is 40.0 Å². The zero-order chi connectivity index (χ0) is 34.0. The molecule has 2 aliphatic carbocycles. The second-order valence-corrected chi connectivity index (χ2v) is 13.5. The van der Waals surface area contributed by atoms with Gasteiger partial charge in [0.25, 0.3) is 5.91 Å². The van der Waals surface area contributed by atoms with E-state index in [2.05, 4.69) is 6.58 Å². The molecule has 250 valence electrons. The van der Waals surface area contributed by atoms with Gasteiger partial charge in [-0.15, -0.1) is 17.9 Å². The lowest BCUT2D eigenvalue weighted by Gasteiger charge is -2.25. The van der Waals surface area contributed by atoms with E-state index < -0.39 is 41.8 Å². The zero-order valence-corrected chi connectivity index (χ0v) is 27.3. The average molecular weight is 681 g/mol. The van der Waals surface area contributed by atoms with E-state index in [-0.39, 0.29) is 24.5 Å². The number of nitrogens with zero attached hydrogens (tertiary/aromatic N) is 3. The summed E-state index contributed by atoms with van der Waals surface area (Å²) in [6, 6.07) is 10.8. The van der Waals surface area contributed by atoms with Crippen molar-refractivity contribution in [2.75, 3.05) is 20.4 Å². The van der Waals surface area contributed by atoms with Crippen molar-refractivity contribution in [1.29, 1.82) is 0 Å². The Hall–Kier alpha value is -5.43. The number of thiazole rings is 1. The monoisotopic (exact) mass is 680 g/mol. The minimum absolute atomic E-state index is 0.0328. The fourth-order valence-corrected chi connectivity index (χ4v) is 8.43. The van der Waals surface area contributed by atoms with Gasteiger partial charge in [-0.3, -0.25) is 9.59 Å². The Morgan fingerprint density at radius 3 is 2.63 bits per heavy atom. The van der Waals surface area contributed by atoms with E-state index in [0.717, 1.165) is 36.4 Å². The maximum atomic E-state index is 14.1. The molecule has 3 N–H and O–H groups in total. The summed E-state index contributed by atoms with van der Waals surface area (Å²) >= 11 is 1.62. The van der Waals surface area contributed by atoms with E-state index in [9.17, 15) is 19.5 Å². The molecule has 2 aromatic heterocycles. The molecule has 2 aromatic carbocycles. The number of carboxylic acid groups (broad SMARTS) is 1. The third kappa shape index (κ3) is 5.25. The molecule has 0 bridgehead atoms. The van der Waals surface area contributed by atoms with Crippen LogP contribution in [0.1, 0.15) is 33.8 Å². The Morgan fingerprint density at radius 1 is 1.08 bits per heavy atom. The van der Waals surface area contributed by atoms with Crippen molar-refractivity contribution in [1.82, 2.24) is 14.9 Å². The van der Waals surface area contributed by atoms with Crippen molar-refractivity contribution in [2.45, 2.75) is 37.8 Å². The quantitative estimate of drug-likeness (QED) is 0.240. The van der Waals surface area contributed by atoms with Gasteiger partial charge in [0.2, 0.25) is 12.7 Å². The fraction of sp³-hybridized carbons (Fsp3) is 0.306. The number of benzene rings is 2. The van der Waals surface area contributed by atoms with Crippen LogP contribution in [-0.2, 0) is 22.4 Å². The van der Waals surface area contributed by atoms with Gasteiger partial charge in [0.15, 0.2) is 11.5 Å². The number of carbonyl (C=O) groups is 3. The molecule has 1 saturated heterocycles. The molecule has 4 atom stereocenters. The molecule has 4 aromatic rings. The number of aromatic nitrogens is 2. The number of carbonyl (C=O) groups excluding carboxylic acids is 2. The van der Waals surface area contributed by atoms with Gasteiger partial charge in [0.05, 0.1) is 24.9 Å². The largest absolute Gasteiger partial charge is 0.497 e. The van der Waals surface area contributed by atoms with Gasteiger partial charge in [-0.2, -0.15) is 0 Å². The Bertz CT molecular complexity index is 2080. The van der Waals surface area contributed by atoms with Crippen LogP contribution in [-0.4, -0.2) is 70.4 Å². The summed E-state index contributed by atoms with van der Waals surface area (Å²) < 4.78 is 23.2. The van der Waals surface area contributed by atoms with Crippen molar-refractivity contribution in [3.05, 3.63) is 82.4 Å². The lowest BCUT2D eigenvalue weighted by atomic mass is 9.92. The molecule has 0 spiro atoms. The van der Waals surface area contributed by atoms with E-state index in [1.165, 1.54) is 15.9 Å². The molecule has 4 heterocycles. The average Bonchev–Trinajstić information content (AvgIpc) is 3.42. The number of aryl methyl sites for hydroxylation is 2. The topological polar surface area (TPSA) is 163 Å². The first-order valence-corrected chi connectivity index (χ1v) is 16.8. The lowest BCUT2D eigenvalue weighted by molar-refractivity contribution is -0.132. The number of carboxylic acids is 1. The van der Waals surface area contributed by atoms with Crippen molar-refractivity contribution in [3.8, 4) is 33.7 Å². The first-order valence-electron chi connectivity index (χ1n) is 16.0. The number of ether oxygens (including phenoxy) is 4. The number of nitrogens with two attached hydrogens (primary N) is 1. The van der Waals surface area contributed by atoms with Crippen LogP contribution in [0.5, 0.6) is 23.0 Å². The van der Waals surface area contributed by atoms with Crippen LogP contribution >= 0.6 is 11.3 Å². The molecule has 49 heavy (non-hydrogen) atoms. The SMILES string of the molecule is C=C[C@H]1C(C(=O)O)=C1C1C(Oc2cc(-c3nc4c(s3)CCCC4)nc3cc(OC)ccc23)CN(C(=O)c2ccc3c(c2)OCO3)[C@@H]1C(N)=O. The second-order valence-electron chi connectivity index (χ2n) is 12.4. The molecule has 8 rings (SSSR count). The number of rotatable bonds is 9. The summed E-state index contributed by atoms with van der Waals surface area (Å²) in [6.45, 7) is 3.81. The Morgan fingerprint density at radius 2 is 1.90 bits per heavy atom. The minimum atomic E-state index is -1.20. The molecular formula is C36H32N4O8S. The van der Waals surface area contributed by atoms with Gasteiger partial charge in [0.1, 0.15) is 34.3 Å². The van der Waals surface area contributed by atoms with Gasteiger partial charge >= 0.3 is 5.97 Å². The van der Waals surface area contributed by atoms with E-state index >= 15 is 0 Å². The van der Waals surface area contributed by atoms with E-state index in [0.29, 0.717) is 45.2 Å². The molecule has 2 amide bonds. The number of amides is 2. The summed E-state index contributed by atoms with van der Waals surface area (Å²) in [4.78, 5) is 52.2. The zero-order valence-electron chi connectivity index (χ0n) is 26.5. The Labute approximate surface area is 284 Å². The summed E-state index contributed by atoms with van der Waals surface area (Å²) in [7, 11) is 1.58. The van der Waals surface area contributed by atoms with E-state index in [4.69, 9.17) is 34.6 Å². The highest BCUT2D eigenvalue weighted by Crippen LogP contribution is 2.51. The highest BCUT2D eigenvalue weighted by Gasteiger charge is 2.57. The van der Waals surface area contributed by atoms with Crippen LogP contribution in [0.15, 0.2) is 66.3 Å². The van der Waals surface area contributed by atoms with Crippen LogP contribution < -0.4 is 24.7 Å². The van der Waals surface area contributed by atoms with Crippen LogP contribution in [0.25, 0.3) is 21.6 Å². The van der Waals surface area contributed by atoms with Crippen molar-refractivity contribution in [2.24, 2.45) is 17.6 Å². The third-order valence-corrected chi connectivity index (χ3v) is 10.8. The molecule has 1 fully saturated rings. The second kappa shape index (κ2) is 11.9. The highest BCUT2D eigenvalue weighted by atomic mass is 32.1. The number of fused-ring (bicyclic) bond motifs is 3. The lowest BCUT2D eigenvalue weighted by Crippen LogP contribution is -2.46. The Kier molecular flexibility index (Phi) is 7.51. The van der Waals surface area contributed by atoms with Gasteiger partial charge in [-0.25, -0.2) is 14.8 Å². The summed E-state index contributed by atoms with van der Waals surface area (Å²) in [5.41, 5.74) is 9.18. The molecule has 2 aliphatic heterocycles. The standard InChI is InChI=1S/C36H32N4O8S/c1-3-19-29(30(19)36(43)44)31-27(15-40(32(31)33(37)41)35(42)17-8-11-24-26(12-17)47-16-46-24)48-25-14-23(34-39-21-6-4-5-7-28(21)49-34)38-22-13-18(45-2)9-10-20(22)25/h3,8-14,19,27,31-32H,1,4-7,15-16H2,2H3,(H2,37,41)(H,43,44)/t19-,27?,31?,32+/m1/s1. The highest BCUT2D eigenvalue weighted by molar-refractivity contribution is 7.15. The number of primary amides is 1.